The zero-order chi connectivity index (χ0) is 16.8. The molecule has 0 radical (unpaired) electrons. The second kappa shape index (κ2) is 6.14. The van der Waals surface area contributed by atoms with E-state index in [2.05, 4.69) is 31.9 Å². The van der Waals surface area contributed by atoms with Crippen LogP contribution in [0.1, 0.15) is 37.7 Å². The standard InChI is InChI=1S/C18H25FN6/c19-14-6-8-24(10-14)9-12-1-3-13(4-2-12)16-17-15-5-7-20-18(15)21-11-25(17)23-22-16/h5,7,11-14,20,22-23H,1-4,6,8-10H2/t12-,13-,14-/m0/s1. The van der Waals surface area contributed by atoms with E-state index in [0.29, 0.717) is 18.4 Å². The Morgan fingerprint density at radius 3 is 2.88 bits per heavy atom. The van der Waals surface area contributed by atoms with Crippen molar-refractivity contribution >= 4 is 17.9 Å². The topological polar surface area (TPSA) is 58.7 Å². The van der Waals surface area contributed by atoms with Gasteiger partial charge >= 0.3 is 0 Å². The van der Waals surface area contributed by atoms with E-state index in [0.717, 1.165) is 30.9 Å². The van der Waals surface area contributed by atoms with Crippen LogP contribution < -0.4 is 11.0 Å². The van der Waals surface area contributed by atoms with Gasteiger partial charge in [-0.05, 0) is 44.1 Å². The molecule has 2 fully saturated rings. The van der Waals surface area contributed by atoms with E-state index in [1.165, 1.54) is 37.1 Å². The third kappa shape index (κ3) is 2.75. The molecule has 7 heteroatoms. The van der Waals surface area contributed by atoms with Gasteiger partial charge in [0.2, 0.25) is 0 Å². The van der Waals surface area contributed by atoms with E-state index in [-0.39, 0.29) is 0 Å². The van der Waals surface area contributed by atoms with Crippen LogP contribution in [0.25, 0.3) is 5.70 Å². The highest BCUT2D eigenvalue weighted by atomic mass is 19.1. The van der Waals surface area contributed by atoms with Gasteiger partial charge in [0.1, 0.15) is 18.3 Å². The molecule has 0 unspecified atom stereocenters. The van der Waals surface area contributed by atoms with Gasteiger partial charge in [0.05, 0.1) is 11.4 Å². The molecule has 0 spiro atoms. The van der Waals surface area contributed by atoms with Crippen molar-refractivity contribution in [2.45, 2.75) is 38.3 Å². The maximum atomic E-state index is 13.4. The van der Waals surface area contributed by atoms with Crippen molar-refractivity contribution < 1.29 is 4.39 Å². The Morgan fingerprint density at radius 1 is 1.20 bits per heavy atom. The zero-order valence-corrected chi connectivity index (χ0v) is 14.3. The second-order valence-electron chi connectivity index (χ2n) is 7.72. The van der Waals surface area contributed by atoms with E-state index in [1.807, 2.05) is 17.5 Å². The molecule has 3 N–H and O–H groups in total. The summed E-state index contributed by atoms with van der Waals surface area (Å²) in [7, 11) is 0. The normalized spacial score (nSPS) is 32.0. The monoisotopic (exact) mass is 344 g/mol. The number of aromatic nitrogens is 1. The molecule has 4 heterocycles. The molecule has 0 bridgehead atoms. The minimum Gasteiger partial charge on any atom is -0.346 e. The zero-order valence-electron chi connectivity index (χ0n) is 14.3. The number of halogens is 1. The molecule has 4 aliphatic rings. The fourth-order valence-electron chi connectivity index (χ4n) is 4.75. The number of aromatic amines is 1. The second-order valence-corrected chi connectivity index (χ2v) is 7.72. The van der Waals surface area contributed by atoms with Gasteiger partial charge in [-0.3, -0.25) is 0 Å². The van der Waals surface area contributed by atoms with E-state index in [9.17, 15) is 4.39 Å². The van der Waals surface area contributed by atoms with Crippen LogP contribution in [0.15, 0.2) is 23.0 Å². The van der Waals surface area contributed by atoms with Crippen LogP contribution in [0.2, 0.25) is 0 Å². The maximum Gasteiger partial charge on any atom is 0.141 e. The molecule has 3 aliphatic heterocycles. The Balaban J connectivity index is 1.27. The first kappa shape index (κ1) is 15.4. The molecule has 1 saturated heterocycles. The average molecular weight is 344 g/mol. The van der Waals surface area contributed by atoms with Gasteiger partial charge in [-0.15, -0.1) is 5.53 Å². The highest BCUT2D eigenvalue weighted by Gasteiger charge is 2.34. The average Bonchev–Trinajstić information content (AvgIpc) is 3.34. The Labute approximate surface area is 147 Å². The summed E-state index contributed by atoms with van der Waals surface area (Å²) in [5.74, 6) is 2.19. The van der Waals surface area contributed by atoms with Crippen LogP contribution in [0.4, 0.5) is 10.2 Å². The number of nitrogens with one attached hydrogen (secondary N) is 3. The molecule has 1 saturated carbocycles. The van der Waals surface area contributed by atoms with Crippen molar-refractivity contribution in [2.24, 2.45) is 16.8 Å². The molecule has 0 aromatic carbocycles. The summed E-state index contributed by atoms with van der Waals surface area (Å²) in [4.78, 5) is 9.94. The van der Waals surface area contributed by atoms with Crippen LogP contribution in [0.3, 0.4) is 0 Å². The molecule has 5 rings (SSSR count). The van der Waals surface area contributed by atoms with Crippen molar-refractivity contribution in [3.63, 3.8) is 0 Å². The number of hydrazine groups is 2. The lowest BCUT2D eigenvalue weighted by molar-refractivity contribution is 0.201. The predicted molar refractivity (Wildman–Crippen MR) is 95.4 cm³/mol. The SMILES string of the molecule is F[C@H]1CCN(C[C@H]2CC[C@H](C3=C4c5cc[nH]c5N=CN4NN3)CC2)C1. The van der Waals surface area contributed by atoms with Crippen LogP contribution in [0.5, 0.6) is 0 Å². The molecular weight excluding hydrogens is 319 g/mol. The molecule has 6 nitrogen and oxygen atoms in total. The number of rotatable bonds is 3. The Hall–Kier alpha value is -1.86. The van der Waals surface area contributed by atoms with Crippen LogP contribution in [0, 0.1) is 11.8 Å². The lowest BCUT2D eigenvalue weighted by Gasteiger charge is -2.32. The minimum absolute atomic E-state index is 0.547. The fourth-order valence-corrected chi connectivity index (χ4v) is 4.75. The summed E-state index contributed by atoms with van der Waals surface area (Å²) in [5, 5.41) is 1.98. The smallest absolute Gasteiger partial charge is 0.141 e. The van der Waals surface area contributed by atoms with Crippen LogP contribution >= 0.6 is 0 Å². The number of nitrogens with zero attached hydrogens (tertiary/aromatic N) is 3. The highest BCUT2D eigenvalue weighted by molar-refractivity contribution is 5.87. The molecular formula is C18H25FN6. The van der Waals surface area contributed by atoms with Crippen molar-refractivity contribution in [3.05, 3.63) is 23.5 Å². The van der Waals surface area contributed by atoms with Crippen molar-refractivity contribution in [1.82, 2.24) is 25.9 Å². The molecule has 1 atom stereocenters. The molecule has 1 aromatic heterocycles. The summed E-state index contributed by atoms with van der Waals surface area (Å²) in [6.07, 6.45) is 8.71. The molecule has 0 amide bonds. The summed E-state index contributed by atoms with van der Waals surface area (Å²) >= 11 is 0. The summed E-state index contributed by atoms with van der Waals surface area (Å²) < 4.78 is 13.4. The highest BCUT2D eigenvalue weighted by Crippen LogP contribution is 2.40. The number of alkyl halides is 1. The number of H-pyrrole nitrogens is 1. The van der Waals surface area contributed by atoms with Gasteiger partial charge in [0.15, 0.2) is 0 Å². The number of hydrogen-bond donors (Lipinski definition) is 3. The first-order chi connectivity index (χ1) is 12.3. The van der Waals surface area contributed by atoms with Crippen molar-refractivity contribution in [2.75, 3.05) is 19.6 Å². The molecule has 1 aromatic rings. The Bertz CT molecular complexity index is 702. The van der Waals surface area contributed by atoms with Crippen LogP contribution in [-0.4, -0.2) is 47.0 Å². The molecule has 25 heavy (non-hydrogen) atoms. The van der Waals surface area contributed by atoms with Gasteiger partial charge < -0.3 is 15.3 Å². The number of aliphatic imine (C=N–C) groups is 1. The number of fused-ring (bicyclic) bond motifs is 3. The number of hydrogen-bond acceptors (Lipinski definition) is 5. The first-order valence-corrected chi connectivity index (χ1v) is 9.41. The van der Waals surface area contributed by atoms with Crippen LogP contribution in [-0.2, 0) is 0 Å². The third-order valence-electron chi connectivity index (χ3n) is 6.08. The van der Waals surface area contributed by atoms with E-state index >= 15 is 0 Å². The fraction of sp³-hybridized carbons (Fsp3) is 0.611. The van der Waals surface area contributed by atoms with E-state index in [4.69, 9.17) is 0 Å². The minimum atomic E-state index is -0.605. The van der Waals surface area contributed by atoms with E-state index in [1.54, 1.807) is 0 Å². The lowest BCUT2D eigenvalue weighted by Crippen LogP contribution is -2.38. The molecule has 1 aliphatic carbocycles. The van der Waals surface area contributed by atoms with Crippen molar-refractivity contribution in [3.8, 4) is 0 Å². The summed E-state index contributed by atoms with van der Waals surface area (Å²) in [6, 6.07) is 2.09. The Kier molecular flexibility index (Phi) is 3.78. The first-order valence-electron chi connectivity index (χ1n) is 9.41. The van der Waals surface area contributed by atoms with Gasteiger partial charge in [-0.1, -0.05) is 0 Å². The maximum absolute atomic E-state index is 13.4. The van der Waals surface area contributed by atoms with Gasteiger partial charge in [0.25, 0.3) is 0 Å². The predicted octanol–water partition coefficient (Wildman–Crippen LogP) is 2.53. The summed E-state index contributed by atoms with van der Waals surface area (Å²) in [6.45, 7) is 2.66. The number of allylic oxidation sites excluding steroid dienone is 1. The Morgan fingerprint density at radius 2 is 2.08 bits per heavy atom. The van der Waals surface area contributed by atoms with Gasteiger partial charge in [-0.2, -0.15) is 0 Å². The molecule has 134 valence electrons. The largest absolute Gasteiger partial charge is 0.346 e. The number of likely N-dealkylation sites (tertiary alicyclic amines) is 1. The van der Waals surface area contributed by atoms with E-state index < -0.39 is 6.17 Å². The summed E-state index contributed by atoms with van der Waals surface area (Å²) in [5.41, 5.74) is 10.2. The van der Waals surface area contributed by atoms with Crippen molar-refractivity contribution in [1.29, 1.82) is 0 Å². The third-order valence-corrected chi connectivity index (χ3v) is 6.08. The van der Waals surface area contributed by atoms with Gasteiger partial charge in [-0.25, -0.2) is 14.4 Å². The quantitative estimate of drug-likeness (QED) is 0.789. The van der Waals surface area contributed by atoms with Gasteiger partial charge in [0, 0.05) is 37.3 Å². The lowest BCUT2D eigenvalue weighted by atomic mass is 9.79.